The summed E-state index contributed by atoms with van der Waals surface area (Å²) in [5.41, 5.74) is 8.97. The normalized spacial score (nSPS) is 17.5. The van der Waals surface area contributed by atoms with E-state index in [-0.39, 0.29) is 49.1 Å². The van der Waals surface area contributed by atoms with Gasteiger partial charge in [-0.1, -0.05) is 24.3 Å². The molecule has 1 unspecified atom stereocenters. The molecule has 3 N–H and O–H groups in total. The number of nitrogens with two attached hydrogens (primary N) is 1. The van der Waals surface area contributed by atoms with Crippen LogP contribution < -0.4 is 15.8 Å². The van der Waals surface area contributed by atoms with Crippen molar-refractivity contribution in [2.24, 2.45) is 0 Å². The van der Waals surface area contributed by atoms with E-state index < -0.39 is 29.7 Å². The maximum absolute atomic E-state index is 13.4. The number of imide groups is 2. The average molecular weight is 761 g/mol. The molecule has 3 aliphatic rings. The van der Waals surface area contributed by atoms with Crippen LogP contribution in [0, 0.1) is 0 Å². The highest BCUT2D eigenvalue weighted by Crippen LogP contribution is 2.36. The number of aromatic nitrogens is 4. The van der Waals surface area contributed by atoms with E-state index in [1.54, 1.807) is 23.1 Å². The molecular weight excluding hydrogens is 725 g/mol. The van der Waals surface area contributed by atoms with Crippen molar-refractivity contribution >= 4 is 58.1 Å². The predicted molar refractivity (Wildman–Crippen MR) is 201 cm³/mol. The van der Waals surface area contributed by atoms with Gasteiger partial charge in [-0.05, 0) is 67.8 Å². The summed E-state index contributed by atoms with van der Waals surface area (Å²) < 4.78 is 13.6. The first-order valence-corrected chi connectivity index (χ1v) is 18.9. The van der Waals surface area contributed by atoms with E-state index in [4.69, 9.17) is 20.3 Å². The fraction of sp³-hybridized carbons (Fsp3) is 0.282. The van der Waals surface area contributed by atoms with Gasteiger partial charge in [0.1, 0.15) is 42.0 Å². The first-order chi connectivity index (χ1) is 26.8. The van der Waals surface area contributed by atoms with Crippen molar-refractivity contribution in [3.8, 4) is 22.8 Å². The van der Waals surface area contributed by atoms with Crippen LogP contribution in [0.15, 0.2) is 84.0 Å². The maximum atomic E-state index is 13.4. The largest absolute Gasteiger partial charge is 0.457 e. The minimum absolute atomic E-state index is 0.0132. The van der Waals surface area contributed by atoms with E-state index in [1.165, 1.54) is 18.1 Å². The molecule has 8 rings (SSSR count). The number of carbonyl (C=O) groups excluding carboxylic acids is 5. The lowest BCUT2D eigenvalue weighted by molar-refractivity contribution is -0.137. The van der Waals surface area contributed by atoms with Crippen LogP contribution in [0.5, 0.6) is 11.5 Å². The van der Waals surface area contributed by atoms with E-state index in [0.29, 0.717) is 64.9 Å². The quantitative estimate of drug-likeness (QED) is 0.111. The molecule has 0 radical (unpaired) electrons. The predicted octanol–water partition coefficient (Wildman–Crippen LogP) is 4.24. The van der Waals surface area contributed by atoms with E-state index in [0.717, 1.165) is 16.2 Å². The van der Waals surface area contributed by atoms with Crippen LogP contribution in [0.3, 0.4) is 0 Å². The molecule has 15 nitrogen and oxygen atoms in total. The number of amides is 5. The molecular formula is C39H36N8O7S. The van der Waals surface area contributed by atoms with Crippen molar-refractivity contribution in [3.63, 3.8) is 0 Å². The summed E-state index contributed by atoms with van der Waals surface area (Å²) in [4.78, 5) is 75.7. The van der Waals surface area contributed by atoms with Crippen LogP contribution in [-0.2, 0) is 19.1 Å². The Kier molecular flexibility index (Phi) is 9.99. The minimum Gasteiger partial charge on any atom is -0.457 e. The number of thioether (sulfide) groups is 1. The molecule has 5 heterocycles. The zero-order chi connectivity index (χ0) is 38.1. The van der Waals surface area contributed by atoms with Crippen LogP contribution in [-0.4, -0.2) is 97.2 Å². The summed E-state index contributed by atoms with van der Waals surface area (Å²) in [6, 6.07) is 21.1. The number of carbonyl (C=O) groups is 5. The Morgan fingerprint density at radius 3 is 2.42 bits per heavy atom. The van der Waals surface area contributed by atoms with Crippen LogP contribution in [0.1, 0.15) is 52.4 Å². The highest BCUT2D eigenvalue weighted by atomic mass is 32.2. The summed E-state index contributed by atoms with van der Waals surface area (Å²) in [6.07, 6.45) is 2.89. The molecule has 55 heavy (non-hydrogen) atoms. The van der Waals surface area contributed by atoms with Gasteiger partial charge in [0.2, 0.25) is 17.7 Å². The summed E-state index contributed by atoms with van der Waals surface area (Å²) in [5.74, 6) is -0.125. The van der Waals surface area contributed by atoms with Crippen LogP contribution in [0.25, 0.3) is 22.3 Å². The number of nitrogens with zero attached hydrogens (tertiary/aromatic N) is 6. The molecule has 3 aliphatic heterocycles. The van der Waals surface area contributed by atoms with Gasteiger partial charge >= 0.3 is 0 Å². The molecule has 1 atom stereocenters. The molecule has 16 heteroatoms. The maximum Gasteiger partial charge on any atom is 0.263 e. The van der Waals surface area contributed by atoms with Crippen LogP contribution in [0.4, 0.5) is 5.82 Å². The summed E-state index contributed by atoms with van der Waals surface area (Å²) in [7, 11) is 0. The number of hydrogen-bond donors (Lipinski definition) is 2. The van der Waals surface area contributed by atoms with Gasteiger partial charge in [-0.25, -0.2) is 14.6 Å². The Hall–Kier alpha value is -6.13. The molecule has 0 aliphatic carbocycles. The molecule has 5 aromatic rings. The van der Waals surface area contributed by atoms with Gasteiger partial charge in [0.15, 0.2) is 5.65 Å². The fourth-order valence-electron chi connectivity index (χ4n) is 7.18. The van der Waals surface area contributed by atoms with E-state index in [9.17, 15) is 24.0 Å². The summed E-state index contributed by atoms with van der Waals surface area (Å²) >= 11 is 1.33. The number of anilines is 1. The van der Waals surface area contributed by atoms with Gasteiger partial charge in [-0.3, -0.25) is 34.2 Å². The van der Waals surface area contributed by atoms with E-state index in [1.807, 2.05) is 59.3 Å². The molecule has 0 spiro atoms. The zero-order valence-electron chi connectivity index (χ0n) is 29.6. The van der Waals surface area contributed by atoms with E-state index in [2.05, 4.69) is 15.3 Å². The van der Waals surface area contributed by atoms with Crippen molar-refractivity contribution in [3.05, 3.63) is 90.3 Å². The standard InChI is InChI=1S/C39H36N8O7S/c40-35-33-34(23-9-11-26(12-10-23)54-25-5-2-1-3-6-25)44-47(36(33)42-22-41-35)24-15-17-45(18-16-24)31(49)21-53-19-20-55-29-8-4-7-27-32(29)39(52)46(38(27)51)28-13-14-30(48)43-37(28)50/h1-12,22,24,28H,13-21H2,(H2,40,41,42)(H,43,48,50). The lowest BCUT2D eigenvalue weighted by atomic mass is 10.0. The lowest BCUT2D eigenvalue weighted by Gasteiger charge is -2.32. The van der Waals surface area contributed by atoms with Gasteiger partial charge < -0.3 is 20.1 Å². The second-order valence-corrected chi connectivity index (χ2v) is 14.5. The number of likely N-dealkylation sites (tertiary alicyclic amines) is 1. The lowest BCUT2D eigenvalue weighted by Crippen LogP contribution is -2.54. The molecule has 3 aromatic carbocycles. The minimum atomic E-state index is -1.03. The number of nitrogens with one attached hydrogen (secondary N) is 1. The number of ether oxygens (including phenoxy) is 2. The number of nitrogen functional groups attached to an aromatic ring is 1. The van der Waals surface area contributed by atoms with Crippen LogP contribution >= 0.6 is 11.8 Å². The Labute approximate surface area is 319 Å². The highest BCUT2D eigenvalue weighted by molar-refractivity contribution is 7.99. The van der Waals surface area contributed by atoms with Crippen molar-refractivity contribution in [1.29, 1.82) is 0 Å². The van der Waals surface area contributed by atoms with Crippen molar-refractivity contribution < 1.29 is 33.4 Å². The molecule has 2 saturated heterocycles. The summed E-state index contributed by atoms with van der Waals surface area (Å²) in [6.45, 7) is 1.17. The third kappa shape index (κ3) is 7.13. The Bertz CT molecular complexity index is 2310. The Morgan fingerprint density at radius 1 is 0.891 bits per heavy atom. The van der Waals surface area contributed by atoms with Gasteiger partial charge in [-0.15, -0.1) is 11.8 Å². The van der Waals surface area contributed by atoms with Crippen molar-refractivity contribution in [2.45, 2.75) is 42.7 Å². The van der Waals surface area contributed by atoms with Crippen molar-refractivity contribution in [2.75, 3.05) is 37.8 Å². The highest BCUT2D eigenvalue weighted by Gasteiger charge is 2.45. The zero-order valence-corrected chi connectivity index (χ0v) is 30.4. The van der Waals surface area contributed by atoms with Crippen molar-refractivity contribution in [1.82, 2.24) is 34.9 Å². The number of para-hydroxylation sites is 1. The Morgan fingerprint density at radius 2 is 1.65 bits per heavy atom. The number of benzene rings is 3. The first kappa shape index (κ1) is 35.9. The molecule has 280 valence electrons. The van der Waals surface area contributed by atoms with Gasteiger partial charge in [0.25, 0.3) is 11.8 Å². The SMILES string of the molecule is Nc1ncnc2c1c(-c1ccc(Oc3ccccc3)cc1)nn2C1CCN(C(=O)COCCSc2cccc3c2C(=O)N(C2CCC(=O)NC2=O)C3=O)CC1. The molecule has 0 bridgehead atoms. The topological polar surface area (TPSA) is 192 Å². The van der Waals surface area contributed by atoms with Gasteiger partial charge in [0, 0.05) is 35.7 Å². The average Bonchev–Trinajstić information content (AvgIpc) is 3.71. The van der Waals surface area contributed by atoms with Gasteiger partial charge in [-0.2, -0.15) is 5.10 Å². The number of piperidine rings is 2. The summed E-state index contributed by atoms with van der Waals surface area (Å²) in [5, 5.41) is 7.86. The second kappa shape index (κ2) is 15.3. The number of hydrogen-bond acceptors (Lipinski definition) is 12. The van der Waals surface area contributed by atoms with E-state index >= 15 is 0 Å². The first-order valence-electron chi connectivity index (χ1n) is 17.9. The molecule has 2 fully saturated rings. The molecule has 0 saturated carbocycles. The molecule has 5 amide bonds. The fourth-order valence-corrected chi connectivity index (χ4v) is 8.12. The Balaban J connectivity index is 0.844. The third-order valence-corrected chi connectivity index (χ3v) is 11.0. The number of rotatable bonds is 11. The van der Waals surface area contributed by atoms with Gasteiger partial charge in [0.05, 0.1) is 29.2 Å². The monoisotopic (exact) mass is 760 g/mol. The smallest absolute Gasteiger partial charge is 0.263 e. The molecule has 2 aromatic heterocycles. The van der Waals surface area contributed by atoms with Crippen LogP contribution in [0.2, 0.25) is 0 Å². The number of fused-ring (bicyclic) bond motifs is 2. The second-order valence-electron chi connectivity index (χ2n) is 13.3. The third-order valence-electron chi connectivity index (χ3n) is 9.93.